The van der Waals surface area contributed by atoms with E-state index in [9.17, 15) is 0 Å². The Morgan fingerprint density at radius 1 is 0.362 bits per heavy atom. The second kappa shape index (κ2) is 11.2. The summed E-state index contributed by atoms with van der Waals surface area (Å²) in [5.74, 6) is 0.716. The molecule has 7 aromatic carbocycles. The molecule has 0 amide bonds. The summed E-state index contributed by atoms with van der Waals surface area (Å²) in [6.07, 6.45) is 0. The van der Waals surface area contributed by atoms with E-state index in [0.29, 0.717) is 5.82 Å². The minimum absolute atomic E-state index is 0.716. The van der Waals surface area contributed by atoms with Crippen LogP contribution < -0.4 is 0 Å². The lowest BCUT2D eigenvalue weighted by Crippen LogP contribution is -1.98. The zero-order valence-electron chi connectivity index (χ0n) is 25.6. The van der Waals surface area contributed by atoms with Gasteiger partial charge in [-0.15, -0.1) is 0 Å². The van der Waals surface area contributed by atoms with Crippen molar-refractivity contribution in [2.24, 2.45) is 0 Å². The Labute approximate surface area is 273 Å². The quantitative estimate of drug-likeness (QED) is 0.197. The molecule has 0 unspecified atom stereocenters. The van der Waals surface area contributed by atoms with Gasteiger partial charge in [0.1, 0.15) is 0 Å². The molecule has 0 aliphatic heterocycles. The maximum atomic E-state index is 5.30. The molecule has 47 heavy (non-hydrogen) atoms. The minimum atomic E-state index is 0.716. The zero-order chi connectivity index (χ0) is 31.2. The second-order valence-corrected chi connectivity index (χ2v) is 11.8. The average molecular weight is 600 g/mol. The van der Waals surface area contributed by atoms with Crippen molar-refractivity contribution >= 4 is 32.7 Å². The summed E-state index contributed by atoms with van der Waals surface area (Å²) in [7, 11) is 0. The van der Waals surface area contributed by atoms with E-state index in [2.05, 4.69) is 156 Å². The van der Waals surface area contributed by atoms with Crippen LogP contribution >= 0.6 is 0 Å². The Morgan fingerprint density at radius 3 is 1.64 bits per heavy atom. The van der Waals surface area contributed by atoms with Gasteiger partial charge in [-0.3, -0.25) is 0 Å². The molecule has 0 fully saturated rings. The van der Waals surface area contributed by atoms with Crippen LogP contribution in [0, 0.1) is 0 Å². The van der Waals surface area contributed by atoms with Crippen LogP contribution in [-0.2, 0) is 0 Å². The zero-order valence-corrected chi connectivity index (χ0v) is 25.6. The van der Waals surface area contributed by atoms with Crippen molar-refractivity contribution in [1.29, 1.82) is 0 Å². The van der Waals surface area contributed by atoms with E-state index in [4.69, 9.17) is 9.97 Å². The SMILES string of the molecule is c1ccc(-c2ccc(-n3c4ccccc4c4cccc(-c5cccc6c(-c7ccccc7)nc(-c7ccccc7)nc56)c43)cc2)cc1. The fourth-order valence-electron chi connectivity index (χ4n) is 6.84. The number of hydrogen-bond acceptors (Lipinski definition) is 2. The predicted molar refractivity (Wildman–Crippen MR) is 196 cm³/mol. The number of nitrogens with zero attached hydrogens (tertiary/aromatic N) is 3. The first-order valence-electron chi connectivity index (χ1n) is 15.9. The predicted octanol–water partition coefficient (Wildman–Crippen LogP) is 11.4. The van der Waals surface area contributed by atoms with Crippen molar-refractivity contribution in [3.8, 4) is 50.6 Å². The minimum Gasteiger partial charge on any atom is -0.309 e. The molecular weight excluding hydrogens is 571 g/mol. The van der Waals surface area contributed by atoms with Gasteiger partial charge in [0.25, 0.3) is 0 Å². The molecule has 220 valence electrons. The van der Waals surface area contributed by atoms with Crippen molar-refractivity contribution in [2.75, 3.05) is 0 Å². The summed E-state index contributed by atoms with van der Waals surface area (Å²) in [5, 5.41) is 3.46. The van der Waals surface area contributed by atoms with Crippen LogP contribution in [-0.4, -0.2) is 14.5 Å². The summed E-state index contributed by atoms with van der Waals surface area (Å²) in [6.45, 7) is 0. The van der Waals surface area contributed by atoms with Crippen LogP contribution in [0.5, 0.6) is 0 Å². The number of fused-ring (bicyclic) bond motifs is 4. The summed E-state index contributed by atoms with van der Waals surface area (Å²) in [5.41, 5.74) is 12.0. The molecule has 3 heteroatoms. The number of hydrogen-bond donors (Lipinski definition) is 0. The van der Waals surface area contributed by atoms with E-state index in [1.165, 1.54) is 27.4 Å². The molecule has 0 N–H and O–H groups in total. The molecular formula is C44H29N3. The lowest BCUT2D eigenvalue weighted by Gasteiger charge is -2.15. The van der Waals surface area contributed by atoms with Gasteiger partial charge in [0.15, 0.2) is 5.82 Å². The molecule has 0 radical (unpaired) electrons. The molecule has 9 rings (SSSR count). The first kappa shape index (κ1) is 27.0. The number of para-hydroxylation sites is 3. The Bertz CT molecular complexity index is 2530. The summed E-state index contributed by atoms with van der Waals surface area (Å²) >= 11 is 0. The highest BCUT2D eigenvalue weighted by Crippen LogP contribution is 2.41. The van der Waals surface area contributed by atoms with Crippen LogP contribution in [0.25, 0.3) is 83.3 Å². The third-order valence-electron chi connectivity index (χ3n) is 9.02. The molecule has 0 saturated carbocycles. The largest absolute Gasteiger partial charge is 0.309 e. The van der Waals surface area contributed by atoms with Crippen molar-refractivity contribution in [2.45, 2.75) is 0 Å². The van der Waals surface area contributed by atoms with E-state index in [-0.39, 0.29) is 0 Å². The summed E-state index contributed by atoms with van der Waals surface area (Å²) in [4.78, 5) is 10.5. The highest BCUT2D eigenvalue weighted by Gasteiger charge is 2.20. The molecule has 0 aliphatic rings. The van der Waals surface area contributed by atoms with E-state index in [0.717, 1.165) is 50.1 Å². The van der Waals surface area contributed by atoms with Crippen LogP contribution in [0.3, 0.4) is 0 Å². The number of rotatable bonds is 5. The first-order chi connectivity index (χ1) is 23.3. The van der Waals surface area contributed by atoms with E-state index >= 15 is 0 Å². The topological polar surface area (TPSA) is 30.7 Å². The molecule has 0 aliphatic carbocycles. The van der Waals surface area contributed by atoms with Gasteiger partial charge in [-0.1, -0.05) is 158 Å². The number of benzene rings is 7. The second-order valence-electron chi connectivity index (χ2n) is 11.8. The smallest absolute Gasteiger partial charge is 0.160 e. The highest BCUT2D eigenvalue weighted by atomic mass is 15.0. The van der Waals surface area contributed by atoms with Crippen LogP contribution in [0.4, 0.5) is 0 Å². The molecule has 0 atom stereocenters. The van der Waals surface area contributed by atoms with Gasteiger partial charge in [0.2, 0.25) is 0 Å². The van der Waals surface area contributed by atoms with Gasteiger partial charge < -0.3 is 4.57 Å². The van der Waals surface area contributed by atoms with Crippen LogP contribution in [0.2, 0.25) is 0 Å². The molecule has 2 heterocycles. The van der Waals surface area contributed by atoms with Gasteiger partial charge in [-0.25, -0.2) is 9.97 Å². The van der Waals surface area contributed by atoms with Crippen molar-refractivity contribution in [3.05, 3.63) is 176 Å². The normalized spacial score (nSPS) is 11.4. The van der Waals surface area contributed by atoms with Gasteiger partial charge in [-0.2, -0.15) is 0 Å². The molecule has 0 spiro atoms. The molecule has 0 bridgehead atoms. The molecule has 2 aromatic heterocycles. The lowest BCUT2D eigenvalue weighted by atomic mass is 9.97. The fourth-order valence-corrected chi connectivity index (χ4v) is 6.84. The third-order valence-corrected chi connectivity index (χ3v) is 9.02. The Hall–Kier alpha value is -6.32. The Kier molecular flexibility index (Phi) is 6.46. The van der Waals surface area contributed by atoms with Crippen LogP contribution in [0.15, 0.2) is 176 Å². The highest BCUT2D eigenvalue weighted by molar-refractivity contribution is 6.16. The monoisotopic (exact) mass is 599 g/mol. The summed E-state index contributed by atoms with van der Waals surface area (Å²) in [6, 6.07) is 62.0. The van der Waals surface area contributed by atoms with Crippen molar-refractivity contribution < 1.29 is 0 Å². The van der Waals surface area contributed by atoms with Gasteiger partial charge in [0, 0.05) is 44.1 Å². The van der Waals surface area contributed by atoms with Crippen molar-refractivity contribution in [1.82, 2.24) is 14.5 Å². The van der Waals surface area contributed by atoms with Crippen LogP contribution in [0.1, 0.15) is 0 Å². The van der Waals surface area contributed by atoms with Crippen molar-refractivity contribution in [3.63, 3.8) is 0 Å². The van der Waals surface area contributed by atoms with Gasteiger partial charge >= 0.3 is 0 Å². The standard InChI is InChI=1S/C44H29N3/c1-4-14-30(15-5-1)31-26-28-34(29-27-31)47-40-25-11-10-20-35(40)37-22-13-23-38(43(37)47)36-21-12-24-39-41(32-16-6-2-7-17-32)45-44(46-42(36)39)33-18-8-3-9-19-33/h1-29H. The Balaban J connectivity index is 1.34. The summed E-state index contributed by atoms with van der Waals surface area (Å²) < 4.78 is 2.41. The molecule has 3 nitrogen and oxygen atoms in total. The maximum Gasteiger partial charge on any atom is 0.160 e. The molecule has 9 aromatic rings. The maximum absolute atomic E-state index is 5.30. The van der Waals surface area contributed by atoms with E-state index < -0.39 is 0 Å². The average Bonchev–Trinajstić information content (AvgIpc) is 3.50. The lowest BCUT2D eigenvalue weighted by molar-refractivity contribution is 1.18. The number of aromatic nitrogens is 3. The Morgan fingerprint density at radius 2 is 0.915 bits per heavy atom. The van der Waals surface area contributed by atoms with E-state index in [1.54, 1.807) is 0 Å². The fraction of sp³-hybridized carbons (Fsp3) is 0. The van der Waals surface area contributed by atoms with Gasteiger partial charge in [0.05, 0.1) is 22.2 Å². The third kappa shape index (κ3) is 4.60. The van der Waals surface area contributed by atoms with E-state index in [1.807, 2.05) is 24.3 Å². The first-order valence-corrected chi connectivity index (χ1v) is 15.9. The van der Waals surface area contributed by atoms with Gasteiger partial charge in [-0.05, 0) is 29.3 Å². The molecule has 0 saturated heterocycles.